The number of rotatable bonds is 5. The van der Waals surface area contributed by atoms with Gasteiger partial charge >= 0.3 is 5.97 Å². The Kier molecular flexibility index (Phi) is 4.01. The summed E-state index contributed by atoms with van der Waals surface area (Å²) in [5, 5.41) is 20.2. The normalized spacial score (nSPS) is 18.3. The topological polar surface area (TPSA) is 95.9 Å². The van der Waals surface area contributed by atoms with Gasteiger partial charge in [-0.25, -0.2) is 4.79 Å². The molecule has 1 aliphatic heterocycles. The van der Waals surface area contributed by atoms with Gasteiger partial charge < -0.3 is 20.3 Å². The van der Waals surface area contributed by atoms with E-state index in [1.54, 1.807) is 6.07 Å². The molecule has 1 heterocycles. The molecule has 19 heavy (non-hydrogen) atoms. The van der Waals surface area contributed by atoms with Gasteiger partial charge in [-0.1, -0.05) is 18.2 Å². The average molecular weight is 265 g/mol. The highest BCUT2D eigenvalue weighted by molar-refractivity contribution is 5.85. The fourth-order valence-electron chi connectivity index (χ4n) is 1.96. The molecule has 2 rings (SSSR count). The lowest BCUT2D eigenvalue weighted by atomic mass is 10.0. The van der Waals surface area contributed by atoms with Crippen LogP contribution in [0.5, 0.6) is 5.75 Å². The van der Waals surface area contributed by atoms with Gasteiger partial charge in [0, 0.05) is 18.5 Å². The number of ether oxygens (including phenoxy) is 1. The Hall–Kier alpha value is -2.08. The molecule has 6 nitrogen and oxygen atoms in total. The number of aliphatic hydroxyl groups excluding tert-OH is 1. The van der Waals surface area contributed by atoms with Crippen LogP contribution in [0.4, 0.5) is 0 Å². The first-order valence-corrected chi connectivity index (χ1v) is 6.00. The van der Waals surface area contributed by atoms with E-state index in [0.29, 0.717) is 5.75 Å². The number of carbonyl (C=O) groups excluding carboxylic acids is 1. The van der Waals surface area contributed by atoms with Gasteiger partial charge in [-0.2, -0.15) is 0 Å². The Bertz CT molecular complexity index is 488. The maximum Gasteiger partial charge on any atom is 0.332 e. The number of aliphatic carboxylic acids is 1. The van der Waals surface area contributed by atoms with Gasteiger partial charge in [-0.05, 0) is 6.07 Å². The van der Waals surface area contributed by atoms with Crippen molar-refractivity contribution in [1.82, 2.24) is 5.32 Å². The molecule has 6 heteroatoms. The molecular weight excluding hydrogens is 250 g/mol. The molecule has 102 valence electrons. The molecule has 2 atom stereocenters. The molecule has 1 aromatic rings. The molecule has 0 saturated heterocycles. The molecule has 0 aromatic heterocycles. The third-order valence-corrected chi connectivity index (χ3v) is 3.02. The van der Waals surface area contributed by atoms with Crippen LogP contribution < -0.4 is 10.1 Å². The average Bonchev–Trinajstić information content (AvgIpc) is 2.82. The number of amides is 1. The van der Waals surface area contributed by atoms with E-state index in [1.807, 2.05) is 18.2 Å². The van der Waals surface area contributed by atoms with Crippen LogP contribution in [0.3, 0.4) is 0 Å². The fraction of sp³-hybridized carbons (Fsp3) is 0.385. The summed E-state index contributed by atoms with van der Waals surface area (Å²) in [6.45, 7) is 0.400. The summed E-state index contributed by atoms with van der Waals surface area (Å²) in [7, 11) is 0. The van der Waals surface area contributed by atoms with Gasteiger partial charge in [0.05, 0.1) is 0 Å². The summed E-state index contributed by atoms with van der Waals surface area (Å²) in [4.78, 5) is 22.4. The monoisotopic (exact) mass is 265 g/mol. The molecule has 0 saturated carbocycles. The first-order valence-electron chi connectivity index (χ1n) is 6.00. The summed E-state index contributed by atoms with van der Waals surface area (Å²) in [5.41, 5.74) is 0.832. The van der Waals surface area contributed by atoms with Gasteiger partial charge in [0.2, 0.25) is 5.91 Å². The minimum Gasteiger partial charge on any atom is -0.492 e. The predicted octanol–water partition coefficient (Wildman–Crippen LogP) is 0.114. The largest absolute Gasteiger partial charge is 0.492 e. The zero-order valence-corrected chi connectivity index (χ0v) is 10.2. The number of fused-ring (bicyclic) bond motifs is 1. The third-order valence-electron chi connectivity index (χ3n) is 3.02. The smallest absolute Gasteiger partial charge is 0.332 e. The Morgan fingerprint density at radius 2 is 2.16 bits per heavy atom. The van der Waals surface area contributed by atoms with Crippen molar-refractivity contribution in [2.75, 3.05) is 13.2 Å². The maximum atomic E-state index is 11.9. The number of para-hydroxylation sites is 1. The first kappa shape index (κ1) is 13.4. The number of benzene rings is 1. The predicted molar refractivity (Wildman–Crippen MR) is 65.9 cm³/mol. The SMILES string of the molecule is O=C(O)C(O)CCNC(=O)C1COc2ccccc21. The number of carboxylic acids is 1. The maximum absolute atomic E-state index is 11.9. The molecular formula is C13H15NO5. The van der Waals surface area contributed by atoms with Crippen molar-refractivity contribution in [2.24, 2.45) is 0 Å². The number of nitrogens with one attached hydrogen (secondary N) is 1. The highest BCUT2D eigenvalue weighted by Crippen LogP contribution is 2.33. The van der Waals surface area contributed by atoms with E-state index in [9.17, 15) is 9.59 Å². The molecule has 0 radical (unpaired) electrons. The zero-order valence-electron chi connectivity index (χ0n) is 10.2. The lowest BCUT2D eigenvalue weighted by Crippen LogP contribution is -2.33. The Balaban J connectivity index is 1.87. The van der Waals surface area contributed by atoms with Gasteiger partial charge in [-0.15, -0.1) is 0 Å². The van der Waals surface area contributed by atoms with Crippen molar-refractivity contribution in [3.8, 4) is 5.75 Å². The van der Waals surface area contributed by atoms with Crippen LogP contribution in [-0.4, -0.2) is 41.3 Å². The van der Waals surface area contributed by atoms with E-state index >= 15 is 0 Å². The number of aliphatic hydroxyl groups is 1. The first-order chi connectivity index (χ1) is 9.09. The van der Waals surface area contributed by atoms with Crippen LogP contribution in [-0.2, 0) is 9.59 Å². The van der Waals surface area contributed by atoms with E-state index in [1.165, 1.54) is 0 Å². The lowest BCUT2D eigenvalue weighted by molar-refractivity contribution is -0.147. The van der Waals surface area contributed by atoms with Crippen molar-refractivity contribution < 1.29 is 24.5 Å². The molecule has 0 aliphatic carbocycles. The highest BCUT2D eigenvalue weighted by atomic mass is 16.5. The summed E-state index contributed by atoms with van der Waals surface area (Å²) in [6.07, 6.45) is -1.47. The van der Waals surface area contributed by atoms with Crippen LogP contribution in [0.1, 0.15) is 17.9 Å². The van der Waals surface area contributed by atoms with Crippen LogP contribution in [0.2, 0.25) is 0 Å². The second-order valence-electron chi connectivity index (χ2n) is 4.34. The van der Waals surface area contributed by atoms with E-state index < -0.39 is 12.1 Å². The van der Waals surface area contributed by atoms with Crippen molar-refractivity contribution >= 4 is 11.9 Å². The second kappa shape index (κ2) is 5.71. The second-order valence-corrected chi connectivity index (χ2v) is 4.34. The molecule has 3 N–H and O–H groups in total. The third kappa shape index (κ3) is 3.03. The van der Waals surface area contributed by atoms with Crippen LogP contribution in [0.25, 0.3) is 0 Å². The van der Waals surface area contributed by atoms with Crippen LogP contribution in [0, 0.1) is 0 Å². The van der Waals surface area contributed by atoms with Crippen molar-refractivity contribution in [2.45, 2.75) is 18.4 Å². The summed E-state index contributed by atoms with van der Waals surface area (Å²) in [6, 6.07) is 7.31. The Morgan fingerprint density at radius 1 is 1.42 bits per heavy atom. The van der Waals surface area contributed by atoms with E-state index in [2.05, 4.69) is 5.32 Å². The zero-order chi connectivity index (χ0) is 13.8. The molecule has 2 unspecified atom stereocenters. The van der Waals surface area contributed by atoms with Crippen molar-refractivity contribution in [3.05, 3.63) is 29.8 Å². The van der Waals surface area contributed by atoms with E-state index in [-0.39, 0.29) is 31.4 Å². The molecule has 0 bridgehead atoms. The van der Waals surface area contributed by atoms with E-state index in [0.717, 1.165) is 5.56 Å². The van der Waals surface area contributed by atoms with Gasteiger partial charge in [0.25, 0.3) is 0 Å². The Morgan fingerprint density at radius 3 is 2.89 bits per heavy atom. The number of hydrogen-bond donors (Lipinski definition) is 3. The van der Waals surface area contributed by atoms with Gasteiger partial charge in [-0.3, -0.25) is 4.79 Å². The molecule has 1 amide bonds. The minimum atomic E-state index is -1.45. The summed E-state index contributed by atoms with van der Waals surface area (Å²) >= 11 is 0. The fourth-order valence-corrected chi connectivity index (χ4v) is 1.96. The quantitative estimate of drug-likeness (QED) is 0.702. The Labute approximate surface area is 110 Å². The number of hydrogen-bond acceptors (Lipinski definition) is 4. The molecule has 0 spiro atoms. The van der Waals surface area contributed by atoms with Crippen molar-refractivity contribution in [3.63, 3.8) is 0 Å². The molecule has 1 aliphatic rings. The van der Waals surface area contributed by atoms with E-state index in [4.69, 9.17) is 14.9 Å². The standard InChI is InChI=1S/C13H15NO5/c15-10(13(17)18)5-6-14-12(16)9-7-19-11-4-2-1-3-8(9)11/h1-4,9-10,15H,5-7H2,(H,14,16)(H,17,18). The number of carbonyl (C=O) groups is 2. The van der Waals surface area contributed by atoms with Crippen molar-refractivity contribution in [1.29, 1.82) is 0 Å². The van der Waals surface area contributed by atoms with Gasteiger partial charge in [0.15, 0.2) is 6.10 Å². The summed E-state index contributed by atoms with van der Waals surface area (Å²) in [5.74, 6) is -1.18. The van der Waals surface area contributed by atoms with Crippen LogP contribution >= 0.6 is 0 Å². The molecule has 0 fully saturated rings. The minimum absolute atomic E-state index is 0.0176. The summed E-state index contributed by atoms with van der Waals surface area (Å²) < 4.78 is 5.39. The molecule has 1 aromatic carbocycles. The number of carboxylic acid groups (broad SMARTS) is 1. The van der Waals surface area contributed by atoms with Gasteiger partial charge in [0.1, 0.15) is 18.3 Å². The highest BCUT2D eigenvalue weighted by Gasteiger charge is 2.29. The van der Waals surface area contributed by atoms with Crippen LogP contribution in [0.15, 0.2) is 24.3 Å². The lowest BCUT2D eigenvalue weighted by Gasteiger charge is -2.11.